The lowest BCUT2D eigenvalue weighted by atomic mass is 10.3. The standard InChI is InChI=1S/C14H22ClN5/c1-2-7-20(10-11-5-6-11)14-17-12(15)16-13(18-14)19-8-3-4-9-19/h11H,2-10H2,1H3. The van der Waals surface area contributed by atoms with E-state index in [-0.39, 0.29) is 0 Å². The van der Waals surface area contributed by atoms with E-state index in [1.807, 2.05) is 0 Å². The highest BCUT2D eigenvalue weighted by atomic mass is 35.5. The van der Waals surface area contributed by atoms with E-state index in [1.54, 1.807) is 0 Å². The zero-order chi connectivity index (χ0) is 13.9. The molecule has 20 heavy (non-hydrogen) atoms. The van der Waals surface area contributed by atoms with Crippen LogP contribution in [0.15, 0.2) is 0 Å². The van der Waals surface area contributed by atoms with Crippen LogP contribution in [0.4, 0.5) is 11.9 Å². The number of halogens is 1. The van der Waals surface area contributed by atoms with Crippen molar-refractivity contribution in [1.29, 1.82) is 0 Å². The van der Waals surface area contributed by atoms with E-state index in [9.17, 15) is 0 Å². The molecule has 3 rings (SSSR count). The first-order valence-corrected chi connectivity index (χ1v) is 8.05. The SMILES string of the molecule is CCCN(CC1CC1)c1nc(Cl)nc(N2CCCC2)n1. The molecular formula is C14H22ClN5. The van der Waals surface area contributed by atoms with E-state index < -0.39 is 0 Å². The van der Waals surface area contributed by atoms with Gasteiger partial charge in [-0.25, -0.2) is 0 Å². The maximum absolute atomic E-state index is 6.11. The van der Waals surface area contributed by atoms with Crippen molar-refractivity contribution >= 4 is 23.5 Å². The van der Waals surface area contributed by atoms with Gasteiger partial charge in [0, 0.05) is 26.2 Å². The third-order valence-corrected chi connectivity index (χ3v) is 4.09. The number of anilines is 2. The molecule has 0 spiro atoms. The molecule has 110 valence electrons. The predicted molar refractivity (Wildman–Crippen MR) is 81.5 cm³/mol. The first-order chi connectivity index (χ1) is 9.76. The van der Waals surface area contributed by atoms with E-state index in [0.717, 1.165) is 50.4 Å². The maximum Gasteiger partial charge on any atom is 0.231 e. The van der Waals surface area contributed by atoms with E-state index in [4.69, 9.17) is 11.6 Å². The Balaban J connectivity index is 1.81. The van der Waals surface area contributed by atoms with Crippen LogP contribution >= 0.6 is 11.6 Å². The molecule has 0 atom stereocenters. The molecule has 2 aliphatic rings. The molecule has 2 fully saturated rings. The monoisotopic (exact) mass is 295 g/mol. The zero-order valence-electron chi connectivity index (χ0n) is 12.1. The summed E-state index contributed by atoms with van der Waals surface area (Å²) in [6.07, 6.45) is 6.17. The number of aromatic nitrogens is 3. The molecule has 1 aliphatic heterocycles. The van der Waals surface area contributed by atoms with Crippen molar-refractivity contribution < 1.29 is 0 Å². The van der Waals surface area contributed by atoms with Crippen LogP contribution in [-0.4, -0.2) is 41.1 Å². The topological polar surface area (TPSA) is 45.2 Å². The summed E-state index contributed by atoms with van der Waals surface area (Å²) < 4.78 is 0. The second kappa shape index (κ2) is 6.12. The summed E-state index contributed by atoms with van der Waals surface area (Å²) in [6, 6.07) is 0. The Kier molecular flexibility index (Phi) is 4.24. The van der Waals surface area contributed by atoms with E-state index in [2.05, 4.69) is 31.7 Å². The van der Waals surface area contributed by atoms with Crippen LogP contribution in [-0.2, 0) is 0 Å². The molecule has 1 aromatic heterocycles. The van der Waals surface area contributed by atoms with Crippen molar-refractivity contribution in [1.82, 2.24) is 15.0 Å². The quantitative estimate of drug-likeness (QED) is 0.807. The summed E-state index contributed by atoms with van der Waals surface area (Å²) in [5, 5.41) is 0.314. The highest BCUT2D eigenvalue weighted by molar-refractivity contribution is 6.28. The number of rotatable bonds is 6. The van der Waals surface area contributed by atoms with Crippen LogP contribution in [0.1, 0.15) is 39.0 Å². The summed E-state index contributed by atoms with van der Waals surface area (Å²) in [6.45, 7) is 6.26. The van der Waals surface area contributed by atoms with Gasteiger partial charge >= 0.3 is 0 Å². The minimum Gasteiger partial charge on any atom is -0.341 e. The number of nitrogens with zero attached hydrogens (tertiary/aromatic N) is 5. The van der Waals surface area contributed by atoms with Gasteiger partial charge in [0.25, 0.3) is 0 Å². The lowest BCUT2D eigenvalue weighted by Gasteiger charge is -2.23. The van der Waals surface area contributed by atoms with E-state index in [1.165, 1.54) is 25.7 Å². The average molecular weight is 296 g/mol. The molecule has 1 saturated carbocycles. The van der Waals surface area contributed by atoms with Gasteiger partial charge in [0.05, 0.1) is 0 Å². The van der Waals surface area contributed by atoms with Gasteiger partial charge in [-0.05, 0) is 49.6 Å². The number of hydrogen-bond donors (Lipinski definition) is 0. The molecule has 0 bridgehead atoms. The summed E-state index contributed by atoms with van der Waals surface area (Å²) in [4.78, 5) is 17.8. The zero-order valence-corrected chi connectivity index (χ0v) is 12.8. The van der Waals surface area contributed by atoms with Gasteiger partial charge in [0.2, 0.25) is 17.2 Å². The molecule has 1 aromatic rings. The van der Waals surface area contributed by atoms with Crippen molar-refractivity contribution in [3.63, 3.8) is 0 Å². The third-order valence-electron chi connectivity index (χ3n) is 3.93. The van der Waals surface area contributed by atoms with Crippen molar-refractivity contribution in [2.24, 2.45) is 5.92 Å². The van der Waals surface area contributed by atoms with Gasteiger partial charge in [0.1, 0.15) is 0 Å². The maximum atomic E-state index is 6.11. The Morgan fingerprint density at radius 3 is 2.60 bits per heavy atom. The smallest absolute Gasteiger partial charge is 0.231 e. The highest BCUT2D eigenvalue weighted by Crippen LogP contribution is 2.31. The fourth-order valence-corrected chi connectivity index (χ4v) is 2.84. The Bertz CT molecular complexity index is 457. The summed E-state index contributed by atoms with van der Waals surface area (Å²) in [7, 11) is 0. The molecule has 0 amide bonds. The van der Waals surface area contributed by atoms with E-state index >= 15 is 0 Å². The Labute approximate surface area is 125 Å². The first kappa shape index (κ1) is 13.9. The fraction of sp³-hybridized carbons (Fsp3) is 0.786. The fourth-order valence-electron chi connectivity index (χ4n) is 2.68. The van der Waals surface area contributed by atoms with Crippen molar-refractivity contribution in [3.8, 4) is 0 Å². The molecule has 0 radical (unpaired) electrons. The van der Waals surface area contributed by atoms with Crippen molar-refractivity contribution in [3.05, 3.63) is 5.28 Å². The van der Waals surface area contributed by atoms with Crippen LogP contribution in [0.3, 0.4) is 0 Å². The van der Waals surface area contributed by atoms with Gasteiger partial charge in [-0.15, -0.1) is 0 Å². The van der Waals surface area contributed by atoms with Gasteiger partial charge in [0.15, 0.2) is 0 Å². The van der Waals surface area contributed by atoms with Gasteiger partial charge in [-0.1, -0.05) is 6.92 Å². The van der Waals surface area contributed by atoms with Crippen LogP contribution in [0.2, 0.25) is 5.28 Å². The minimum atomic E-state index is 0.314. The van der Waals surface area contributed by atoms with Crippen LogP contribution in [0.5, 0.6) is 0 Å². The molecule has 5 nitrogen and oxygen atoms in total. The molecule has 1 aliphatic carbocycles. The van der Waals surface area contributed by atoms with Gasteiger partial charge < -0.3 is 9.80 Å². The second-order valence-corrected chi connectivity index (χ2v) is 6.13. The summed E-state index contributed by atoms with van der Waals surface area (Å²) in [5.41, 5.74) is 0. The van der Waals surface area contributed by atoms with E-state index in [0.29, 0.717) is 5.28 Å². The lowest BCUT2D eigenvalue weighted by molar-refractivity contribution is 0.683. The van der Waals surface area contributed by atoms with Crippen LogP contribution in [0.25, 0.3) is 0 Å². The van der Waals surface area contributed by atoms with Crippen molar-refractivity contribution in [2.45, 2.75) is 39.0 Å². The van der Waals surface area contributed by atoms with Crippen LogP contribution < -0.4 is 9.80 Å². The Morgan fingerprint density at radius 1 is 1.20 bits per heavy atom. The molecule has 0 N–H and O–H groups in total. The van der Waals surface area contributed by atoms with Crippen molar-refractivity contribution in [2.75, 3.05) is 36.0 Å². The second-order valence-electron chi connectivity index (χ2n) is 5.79. The summed E-state index contributed by atoms with van der Waals surface area (Å²) in [5.74, 6) is 2.31. The molecule has 2 heterocycles. The average Bonchev–Trinajstić information content (AvgIpc) is 3.08. The molecular weight excluding hydrogens is 274 g/mol. The van der Waals surface area contributed by atoms with Gasteiger partial charge in [-0.2, -0.15) is 15.0 Å². The number of hydrogen-bond acceptors (Lipinski definition) is 5. The predicted octanol–water partition coefficient (Wildman–Crippen LogP) is 2.75. The largest absolute Gasteiger partial charge is 0.341 e. The third kappa shape index (κ3) is 3.32. The molecule has 0 aromatic carbocycles. The molecule has 0 unspecified atom stereocenters. The normalized spacial score (nSPS) is 18.6. The summed E-state index contributed by atoms with van der Waals surface area (Å²) >= 11 is 6.11. The Hall–Kier alpha value is -1.10. The Morgan fingerprint density at radius 2 is 1.95 bits per heavy atom. The molecule has 6 heteroatoms. The lowest BCUT2D eigenvalue weighted by Crippen LogP contribution is -2.30. The van der Waals surface area contributed by atoms with Gasteiger partial charge in [-0.3, -0.25) is 0 Å². The minimum absolute atomic E-state index is 0.314. The van der Waals surface area contributed by atoms with Crippen LogP contribution in [0, 0.1) is 5.92 Å². The first-order valence-electron chi connectivity index (χ1n) is 7.67. The highest BCUT2D eigenvalue weighted by Gasteiger charge is 2.26. The molecule has 1 saturated heterocycles.